The smallest absolute Gasteiger partial charge is 0.267 e. The molecular weight excluding hydrogens is 311 g/mol. The Bertz CT molecular complexity index is 1170. The average molecular weight is 324 g/mol. The van der Waals surface area contributed by atoms with E-state index in [0.717, 1.165) is 22.2 Å². The lowest BCUT2D eigenvalue weighted by Gasteiger charge is -1.98. The van der Waals surface area contributed by atoms with Gasteiger partial charge in [-0.15, -0.1) is 0 Å². The van der Waals surface area contributed by atoms with Gasteiger partial charge in [-0.25, -0.2) is 13.8 Å². The van der Waals surface area contributed by atoms with Crippen molar-refractivity contribution < 1.29 is 4.39 Å². The Hall–Kier alpha value is -2.53. The zero-order chi connectivity index (χ0) is 16.1. The van der Waals surface area contributed by atoms with E-state index >= 15 is 0 Å². The van der Waals surface area contributed by atoms with Gasteiger partial charge < -0.3 is 0 Å². The molecule has 2 aromatic carbocycles. The predicted octanol–water partition coefficient (Wildman–Crippen LogP) is 3.21. The first-order valence-corrected chi connectivity index (χ1v) is 8.05. The fraction of sp³-hybridized carbons (Fsp3) is 0.111. The molecule has 0 atom stereocenters. The molecule has 0 N–H and O–H groups in total. The van der Waals surface area contributed by atoms with Crippen molar-refractivity contribution in [1.82, 2.24) is 9.38 Å². The van der Waals surface area contributed by atoms with Crippen LogP contribution in [-0.2, 0) is 0 Å². The SMILES string of the molecule is Cc1cc2nc3s/c(=C\c4ccccc4F)c(=O)n3c2cc1C. The number of thiazole rings is 1. The second-order valence-corrected chi connectivity index (χ2v) is 6.60. The van der Waals surface area contributed by atoms with E-state index in [1.54, 1.807) is 28.7 Å². The highest BCUT2D eigenvalue weighted by atomic mass is 32.1. The molecule has 0 aliphatic carbocycles. The third-order valence-electron chi connectivity index (χ3n) is 4.05. The van der Waals surface area contributed by atoms with E-state index in [1.807, 2.05) is 26.0 Å². The van der Waals surface area contributed by atoms with Crippen molar-refractivity contribution in [2.75, 3.05) is 0 Å². The lowest BCUT2D eigenvalue weighted by Crippen LogP contribution is -2.22. The molecule has 0 fully saturated rings. The van der Waals surface area contributed by atoms with E-state index in [2.05, 4.69) is 4.98 Å². The normalized spacial score (nSPS) is 12.6. The average Bonchev–Trinajstić information content (AvgIpc) is 3.00. The van der Waals surface area contributed by atoms with Gasteiger partial charge in [-0.3, -0.25) is 4.79 Å². The lowest BCUT2D eigenvalue weighted by atomic mass is 10.1. The minimum absolute atomic E-state index is 0.154. The Morgan fingerprint density at radius 3 is 2.70 bits per heavy atom. The topological polar surface area (TPSA) is 34.4 Å². The van der Waals surface area contributed by atoms with Crippen LogP contribution in [0.4, 0.5) is 4.39 Å². The number of nitrogens with zero attached hydrogens (tertiary/aromatic N) is 2. The molecule has 23 heavy (non-hydrogen) atoms. The maximum atomic E-state index is 13.8. The van der Waals surface area contributed by atoms with E-state index < -0.39 is 0 Å². The number of hydrogen-bond donors (Lipinski definition) is 0. The molecule has 4 aromatic rings. The number of benzene rings is 2. The molecule has 2 heterocycles. The maximum absolute atomic E-state index is 13.8. The van der Waals surface area contributed by atoms with Crippen molar-refractivity contribution in [3.63, 3.8) is 0 Å². The fourth-order valence-corrected chi connectivity index (χ4v) is 3.63. The Labute approximate surface area is 135 Å². The van der Waals surface area contributed by atoms with Crippen LogP contribution in [0.3, 0.4) is 0 Å². The number of rotatable bonds is 1. The molecule has 0 saturated heterocycles. The summed E-state index contributed by atoms with van der Waals surface area (Å²) in [5, 5.41) is 0. The molecule has 5 heteroatoms. The van der Waals surface area contributed by atoms with Crippen molar-refractivity contribution in [2.24, 2.45) is 0 Å². The van der Waals surface area contributed by atoms with Gasteiger partial charge in [-0.05, 0) is 49.2 Å². The lowest BCUT2D eigenvalue weighted by molar-refractivity contribution is 0.625. The Morgan fingerprint density at radius 2 is 1.91 bits per heavy atom. The minimum Gasteiger partial charge on any atom is -0.267 e. The Balaban J connectivity index is 2.05. The minimum atomic E-state index is -0.339. The number of aryl methyl sites for hydroxylation is 2. The van der Waals surface area contributed by atoms with Gasteiger partial charge in [0.25, 0.3) is 5.56 Å². The van der Waals surface area contributed by atoms with Crippen LogP contribution in [0.25, 0.3) is 22.1 Å². The largest absolute Gasteiger partial charge is 0.274 e. The molecule has 0 bridgehead atoms. The van der Waals surface area contributed by atoms with Crippen LogP contribution in [-0.4, -0.2) is 9.38 Å². The summed E-state index contributed by atoms with van der Waals surface area (Å²) in [5.41, 5.74) is 4.13. The second-order valence-electron chi connectivity index (χ2n) is 5.59. The Morgan fingerprint density at radius 1 is 1.17 bits per heavy atom. The van der Waals surface area contributed by atoms with Gasteiger partial charge in [0.15, 0.2) is 4.96 Å². The van der Waals surface area contributed by atoms with E-state index in [-0.39, 0.29) is 11.4 Å². The number of aromatic nitrogens is 2. The van der Waals surface area contributed by atoms with Crippen LogP contribution in [0, 0.1) is 19.7 Å². The molecule has 0 spiro atoms. The summed E-state index contributed by atoms with van der Waals surface area (Å²) in [6.45, 7) is 4.04. The molecule has 0 aliphatic heterocycles. The maximum Gasteiger partial charge on any atom is 0.274 e. The highest BCUT2D eigenvalue weighted by Crippen LogP contribution is 2.20. The van der Waals surface area contributed by atoms with Gasteiger partial charge in [-0.1, -0.05) is 29.5 Å². The quantitative estimate of drug-likeness (QED) is 0.539. The third-order valence-corrected chi connectivity index (χ3v) is 5.01. The summed E-state index contributed by atoms with van der Waals surface area (Å²) in [6, 6.07) is 10.4. The van der Waals surface area contributed by atoms with Crippen LogP contribution < -0.4 is 10.1 Å². The van der Waals surface area contributed by atoms with Crippen LogP contribution in [0.5, 0.6) is 0 Å². The molecular formula is C18H13FN2OS. The molecule has 114 valence electrons. The summed E-state index contributed by atoms with van der Waals surface area (Å²) in [4.78, 5) is 17.9. The first kappa shape index (κ1) is 14.1. The van der Waals surface area contributed by atoms with E-state index in [0.29, 0.717) is 15.1 Å². The number of hydrogen-bond acceptors (Lipinski definition) is 3. The summed E-state index contributed by atoms with van der Waals surface area (Å²) in [7, 11) is 0. The van der Waals surface area contributed by atoms with Crippen molar-refractivity contribution in [2.45, 2.75) is 13.8 Å². The zero-order valence-electron chi connectivity index (χ0n) is 12.6. The molecule has 0 unspecified atom stereocenters. The monoisotopic (exact) mass is 324 g/mol. The fourth-order valence-electron chi connectivity index (χ4n) is 2.65. The summed E-state index contributed by atoms with van der Waals surface area (Å²) in [5.74, 6) is -0.339. The van der Waals surface area contributed by atoms with Crippen LogP contribution >= 0.6 is 11.3 Å². The highest BCUT2D eigenvalue weighted by Gasteiger charge is 2.12. The van der Waals surface area contributed by atoms with Crippen LogP contribution in [0.2, 0.25) is 0 Å². The van der Waals surface area contributed by atoms with Gasteiger partial charge in [0, 0.05) is 5.56 Å². The summed E-state index contributed by atoms with van der Waals surface area (Å²) >= 11 is 1.28. The van der Waals surface area contributed by atoms with Gasteiger partial charge in [0.1, 0.15) is 5.82 Å². The van der Waals surface area contributed by atoms with E-state index in [4.69, 9.17) is 0 Å². The molecule has 3 nitrogen and oxygen atoms in total. The van der Waals surface area contributed by atoms with Crippen molar-refractivity contribution in [3.05, 3.63) is 73.8 Å². The standard InChI is InChI=1S/C18H13FN2OS/c1-10-7-14-15(8-11(10)2)21-17(22)16(23-18(21)20-14)9-12-5-3-4-6-13(12)19/h3-9H,1-2H3/b16-9-. The molecule has 0 saturated carbocycles. The number of imidazole rings is 1. The number of fused-ring (bicyclic) bond motifs is 3. The third kappa shape index (κ3) is 2.16. The van der Waals surface area contributed by atoms with Gasteiger partial charge in [-0.2, -0.15) is 0 Å². The van der Waals surface area contributed by atoms with E-state index in [1.165, 1.54) is 17.4 Å². The van der Waals surface area contributed by atoms with Gasteiger partial charge in [0.05, 0.1) is 15.6 Å². The van der Waals surface area contributed by atoms with Crippen LogP contribution in [0.15, 0.2) is 41.2 Å². The molecule has 0 radical (unpaired) electrons. The molecule has 4 rings (SSSR count). The summed E-state index contributed by atoms with van der Waals surface area (Å²) in [6.07, 6.45) is 1.59. The van der Waals surface area contributed by atoms with Gasteiger partial charge >= 0.3 is 0 Å². The van der Waals surface area contributed by atoms with Crippen molar-refractivity contribution >= 4 is 33.4 Å². The highest BCUT2D eigenvalue weighted by molar-refractivity contribution is 7.15. The van der Waals surface area contributed by atoms with Gasteiger partial charge in [0.2, 0.25) is 0 Å². The first-order valence-electron chi connectivity index (χ1n) is 7.23. The molecule has 0 amide bonds. The molecule has 0 aliphatic rings. The van der Waals surface area contributed by atoms with E-state index in [9.17, 15) is 9.18 Å². The Kier molecular flexibility index (Phi) is 3.06. The first-order chi connectivity index (χ1) is 11.0. The van der Waals surface area contributed by atoms with Crippen LogP contribution in [0.1, 0.15) is 16.7 Å². The van der Waals surface area contributed by atoms with Crippen molar-refractivity contribution in [3.8, 4) is 0 Å². The second kappa shape index (κ2) is 4.99. The summed E-state index contributed by atoms with van der Waals surface area (Å²) < 4.78 is 15.9. The zero-order valence-corrected chi connectivity index (χ0v) is 13.4. The predicted molar refractivity (Wildman–Crippen MR) is 91.5 cm³/mol. The number of halogens is 1. The van der Waals surface area contributed by atoms with Crippen molar-refractivity contribution in [1.29, 1.82) is 0 Å². The molecule has 2 aromatic heterocycles.